The predicted octanol–water partition coefficient (Wildman–Crippen LogP) is 4.34. The van der Waals surface area contributed by atoms with Crippen molar-refractivity contribution in [1.82, 2.24) is 0 Å². The molecule has 0 bridgehead atoms. The van der Waals surface area contributed by atoms with E-state index < -0.39 is 5.24 Å². The van der Waals surface area contributed by atoms with Gasteiger partial charge in [0.1, 0.15) is 0 Å². The van der Waals surface area contributed by atoms with Crippen LogP contribution in [0.3, 0.4) is 0 Å². The predicted molar refractivity (Wildman–Crippen MR) is 87.6 cm³/mol. The summed E-state index contributed by atoms with van der Waals surface area (Å²) < 4.78 is 5.86. The summed E-state index contributed by atoms with van der Waals surface area (Å²) in [6.45, 7) is 9.17. The zero-order valence-corrected chi connectivity index (χ0v) is 13.8. The first kappa shape index (κ1) is 16.2. The van der Waals surface area contributed by atoms with Crippen LogP contribution in [0.5, 0.6) is 5.75 Å². The van der Waals surface area contributed by atoms with Crippen LogP contribution in [0.15, 0.2) is 18.2 Å². The van der Waals surface area contributed by atoms with Crippen LogP contribution in [0.4, 0.5) is 5.69 Å². The van der Waals surface area contributed by atoms with Crippen molar-refractivity contribution in [1.29, 1.82) is 0 Å². The first-order valence-corrected chi connectivity index (χ1v) is 8.11. The number of benzene rings is 1. The molecule has 1 aliphatic rings. The van der Waals surface area contributed by atoms with Crippen molar-refractivity contribution in [3.05, 3.63) is 23.8 Å². The van der Waals surface area contributed by atoms with Crippen LogP contribution in [0.2, 0.25) is 0 Å². The molecule has 4 heteroatoms. The maximum atomic E-state index is 11.7. The van der Waals surface area contributed by atoms with Crippen LogP contribution < -0.4 is 9.64 Å². The Morgan fingerprint density at radius 3 is 2.57 bits per heavy atom. The Hall–Kier alpha value is -1.22. The molecule has 0 unspecified atom stereocenters. The highest BCUT2D eigenvalue weighted by Gasteiger charge is 2.26. The van der Waals surface area contributed by atoms with E-state index in [1.165, 1.54) is 6.42 Å². The minimum atomic E-state index is -0.457. The monoisotopic (exact) mass is 309 g/mol. The molecular weight excluding hydrogens is 286 g/mol. The Morgan fingerprint density at radius 2 is 2.00 bits per heavy atom. The fourth-order valence-corrected chi connectivity index (χ4v) is 3.29. The highest BCUT2D eigenvalue weighted by atomic mass is 35.5. The minimum absolute atomic E-state index is 0.457. The topological polar surface area (TPSA) is 29.5 Å². The summed E-state index contributed by atoms with van der Waals surface area (Å²) in [6, 6.07) is 5.65. The first-order valence-electron chi connectivity index (χ1n) is 7.73. The lowest BCUT2D eigenvalue weighted by atomic mass is 9.91. The van der Waals surface area contributed by atoms with Crippen molar-refractivity contribution in [2.24, 2.45) is 11.8 Å². The van der Waals surface area contributed by atoms with Crippen LogP contribution in [-0.4, -0.2) is 24.9 Å². The van der Waals surface area contributed by atoms with Gasteiger partial charge in [0, 0.05) is 13.1 Å². The number of hydrogen-bond donors (Lipinski definition) is 0. The Labute approximate surface area is 132 Å². The third kappa shape index (κ3) is 3.91. The molecule has 1 aromatic carbocycles. The average Bonchev–Trinajstić information content (AvgIpc) is 2.43. The number of nitrogens with zero attached hydrogens (tertiary/aromatic N) is 1. The van der Waals surface area contributed by atoms with Crippen molar-refractivity contribution in [2.75, 3.05) is 24.6 Å². The quantitative estimate of drug-likeness (QED) is 0.758. The van der Waals surface area contributed by atoms with E-state index in [0.717, 1.165) is 25.2 Å². The van der Waals surface area contributed by atoms with Crippen molar-refractivity contribution in [3.8, 4) is 5.75 Å². The summed E-state index contributed by atoms with van der Waals surface area (Å²) in [7, 11) is 0. The zero-order valence-electron chi connectivity index (χ0n) is 13.1. The Kier molecular flexibility index (Phi) is 5.51. The number of para-hydroxylation sites is 1. The molecule has 0 spiro atoms. The fraction of sp³-hybridized carbons (Fsp3) is 0.588. The van der Waals surface area contributed by atoms with E-state index in [2.05, 4.69) is 25.7 Å². The van der Waals surface area contributed by atoms with Gasteiger partial charge < -0.3 is 9.64 Å². The van der Waals surface area contributed by atoms with E-state index in [1.54, 1.807) is 6.07 Å². The largest absolute Gasteiger partial charge is 0.491 e. The number of carbonyl (C=O) groups excluding carboxylic acids is 1. The molecule has 0 aromatic heterocycles. The van der Waals surface area contributed by atoms with E-state index in [1.807, 2.05) is 12.1 Å². The molecule has 116 valence electrons. The Bertz CT molecular complexity index is 494. The third-order valence-electron chi connectivity index (χ3n) is 3.87. The van der Waals surface area contributed by atoms with E-state index in [9.17, 15) is 4.79 Å². The summed E-state index contributed by atoms with van der Waals surface area (Å²) in [4.78, 5) is 14.0. The highest BCUT2D eigenvalue weighted by molar-refractivity contribution is 6.68. The van der Waals surface area contributed by atoms with E-state index in [-0.39, 0.29) is 0 Å². The van der Waals surface area contributed by atoms with E-state index >= 15 is 0 Å². The van der Waals surface area contributed by atoms with Gasteiger partial charge in [0.15, 0.2) is 5.75 Å². The second-order valence-corrected chi connectivity index (χ2v) is 6.47. The molecule has 0 radical (unpaired) electrons. The van der Waals surface area contributed by atoms with Crippen molar-refractivity contribution in [3.63, 3.8) is 0 Å². The van der Waals surface area contributed by atoms with Gasteiger partial charge in [0.05, 0.1) is 17.9 Å². The second-order valence-electron chi connectivity index (χ2n) is 6.13. The summed E-state index contributed by atoms with van der Waals surface area (Å²) in [5.41, 5.74) is 1.46. The number of anilines is 1. The van der Waals surface area contributed by atoms with Gasteiger partial charge in [-0.1, -0.05) is 26.8 Å². The lowest BCUT2D eigenvalue weighted by molar-refractivity contribution is 0.107. The minimum Gasteiger partial charge on any atom is -0.491 e. The summed E-state index contributed by atoms with van der Waals surface area (Å²) >= 11 is 5.72. The average molecular weight is 310 g/mol. The SMILES string of the molecule is CCCOc1c(C(=O)Cl)cccc1N1C[C@H](C)C[C@@H](C)C1. The Balaban J connectivity index is 2.36. The molecular formula is C17H24ClNO2. The van der Waals surface area contributed by atoms with Gasteiger partial charge >= 0.3 is 0 Å². The number of hydrogen-bond acceptors (Lipinski definition) is 3. The van der Waals surface area contributed by atoms with Gasteiger partial charge in [0.25, 0.3) is 5.24 Å². The lowest BCUT2D eigenvalue weighted by Gasteiger charge is -2.37. The third-order valence-corrected chi connectivity index (χ3v) is 4.07. The molecule has 1 saturated heterocycles. The van der Waals surface area contributed by atoms with E-state index in [4.69, 9.17) is 16.3 Å². The smallest absolute Gasteiger partial charge is 0.256 e. The van der Waals surface area contributed by atoms with Gasteiger partial charge in [-0.15, -0.1) is 0 Å². The van der Waals surface area contributed by atoms with Gasteiger partial charge in [-0.3, -0.25) is 4.79 Å². The molecule has 0 N–H and O–H groups in total. The number of piperidine rings is 1. The van der Waals surface area contributed by atoms with Crippen LogP contribution in [0, 0.1) is 11.8 Å². The molecule has 21 heavy (non-hydrogen) atoms. The summed E-state index contributed by atoms with van der Waals surface area (Å²) in [6.07, 6.45) is 2.15. The number of rotatable bonds is 5. The molecule has 2 rings (SSSR count). The van der Waals surface area contributed by atoms with Crippen LogP contribution in [0.1, 0.15) is 44.0 Å². The van der Waals surface area contributed by atoms with Crippen molar-refractivity contribution >= 4 is 22.5 Å². The molecule has 3 nitrogen and oxygen atoms in total. The highest BCUT2D eigenvalue weighted by Crippen LogP contribution is 2.36. The van der Waals surface area contributed by atoms with Crippen molar-refractivity contribution in [2.45, 2.75) is 33.6 Å². The maximum absolute atomic E-state index is 11.7. The molecule has 2 atom stereocenters. The van der Waals surface area contributed by atoms with Gasteiger partial charge in [0.2, 0.25) is 0 Å². The number of carbonyl (C=O) groups is 1. The molecule has 0 aliphatic carbocycles. The summed E-state index contributed by atoms with van der Waals surface area (Å²) in [5, 5.41) is -0.457. The van der Waals surface area contributed by atoms with Crippen LogP contribution >= 0.6 is 11.6 Å². The van der Waals surface area contributed by atoms with Gasteiger partial charge in [-0.2, -0.15) is 0 Å². The lowest BCUT2D eigenvalue weighted by Crippen LogP contribution is -2.39. The number of ether oxygens (including phenoxy) is 1. The molecule has 0 amide bonds. The molecule has 0 saturated carbocycles. The zero-order chi connectivity index (χ0) is 15.4. The van der Waals surface area contributed by atoms with Crippen LogP contribution in [0.25, 0.3) is 0 Å². The Morgan fingerprint density at radius 1 is 1.33 bits per heavy atom. The second kappa shape index (κ2) is 7.17. The van der Waals surface area contributed by atoms with Gasteiger partial charge in [-0.05, 0) is 48.4 Å². The summed E-state index contributed by atoms with van der Waals surface area (Å²) in [5.74, 6) is 1.92. The van der Waals surface area contributed by atoms with E-state index in [0.29, 0.717) is 29.8 Å². The molecule has 1 aliphatic heterocycles. The molecule has 1 fully saturated rings. The van der Waals surface area contributed by atoms with Gasteiger partial charge in [-0.25, -0.2) is 0 Å². The molecule has 1 heterocycles. The first-order chi connectivity index (χ1) is 10.0. The standard InChI is InChI=1S/C17H24ClNO2/c1-4-8-21-16-14(17(18)20)6-5-7-15(16)19-10-12(2)9-13(3)11-19/h5-7,12-13H,4,8-11H2,1-3H3/t12-,13-/m1/s1. The fourth-order valence-electron chi connectivity index (χ4n) is 3.14. The molecule has 1 aromatic rings. The maximum Gasteiger partial charge on any atom is 0.256 e. The van der Waals surface area contributed by atoms with Crippen molar-refractivity contribution < 1.29 is 9.53 Å². The van der Waals surface area contributed by atoms with Crippen LogP contribution in [-0.2, 0) is 0 Å². The number of halogens is 1. The normalized spacial score (nSPS) is 22.2.